The second-order valence-corrected chi connectivity index (χ2v) is 7.13. The molecule has 2 aromatic rings. The van der Waals surface area contributed by atoms with Gasteiger partial charge in [-0.3, -0.25) is 9.36 Å². The van der Waals surface area contributed by atoms with Crippen LogP contribution in [0.3, 0.4) is 0 Å². The Balaban J connectivity index is 1.71. The number of aliphatic hydroxyl groups is 1. The van der Waals surface area contributed by atoms with Crippen LogP contribution in [0.15, 0.2) is 12.7 Å². The van der Waals surface area contributed by atoms with Crippen molar-refractivity contribution in [3.8, 4) is 0 Å². The van der Waals surface area contributed by atoms with Crippen molar-refractivity contribution >= 4 is 28.7 Å². The Labute approximate surface area is 143 Å². The van der Waals surface area contributed by atoms with Gasteiger partial charge < -0.3 is 14.6 Å². The molecular weight excluding hydrogens is 336 g/mol. The molecule has 1 saturated heterocycles. The summed E-state index contributed by atoms with van der Waals surface area (Å²) in [6.07, 6.45) is 1.41. The van der Waals surface area contributed by atoms with Gasteiger partial charge in [0.05, 0.1) is 17.8 Å². The van der Waals surface area contributed by atoms with Crippen molar-refractivity contribution in [3.05, 3.63) is 17.8 Å². The monoisotopic (exact) mass is 354 g/mol. The van der Waals surface area contributed by atoms with Crippen LogP contribution in [0, 0.1) is 5.41 Å². The van der Waals surface area contributed by atoms with Gasteiger partial charge in [0.15, 0.2) is 10.8 Å². The number of ether oxygens (including phenoxy) is 2. The number of rotatable bonds is 3. The molecule has 24 heavy (non-hydrogen) atoms. The van der Waals surface area contributed by atoms with Crippen molar-refractivity contribution in [1.82, 2.24) is 19.5 Å². The van der Waals surface area contributed by atoms with Gasteiger partial charge in [-0.15, -0.1) is 0 Å². The van der Waals surface area contributed by atoms with Crippen LogP contribution in [0.5, 0.6) is 0 Å². The molecule has 1 N–H and O–H groups in total. The van der Waals surface area contributed by atoms with Gasteiger partial charge in [0.2, 0.25) is 0 Å². The number of aliphatic hydroxyl groups excluding tert-OH is 1. The highest BCUT2D eigenvalue weighted by molar-refractivity contribution is 6.33. The first-order valence-electron chi connectivity index (χ1n) is 7.61. The fourth-order valence-corrected chi connectivity index (χ4v) is 2.62. The molecule has 0 aromatic carbocycles. The van der Waals surface area contributed by atoms with Gasteiger partial charge in [-0.1, -0.05) is 11.6 Å². The molecule has 1 aliphatic rings. The van der Waals surface area contributed by atoms with E-state index in [0.717, 1.165) is 0 Å². The van der Waals surface area contributed by atoms with E-state index in [0.29, 0.717) is 17.6 Å². The quantitative estimate of drug-likeness (QED) is 0.661. The molecule has 0 bridgehead atoms. The van der Waals surface area contributed by atoms with E-state index in [1.165, 1.54) is 6.33 Å². The van der Waals surface area contributed by atoms with E-state index in [2.05, 4.69) is 15.0 Å². The number of imidazole rings is 1. The molecule has 2 aromatic heterocycles. The first kappa shape index (κ1) is 17.1. The van der Waals surface area contributed by atoms with Crippen molar-refractivity contribution in [3.63, 3.8) is 0 Å². The predicted octanol–water partition coefficient (Wildman–Crippen LogP) is 1.72. The average Bonchev–Trinajstić information content (AvgIpc) is 3.08. The Morgan fingerprint density at radius 2 is 2.21 bits per heavy atom. The predicted molar refractivity (Wildman–Crippen MR) is 85.3 cm³/mol. The minimum atomic E-state index is -0.752. The molecule has 3 atom stereocenters. The highest BCUT2D eigenvalue weighted by Gasteiger charge is 2.37. The van der Waals surface area contributed by atoms with Crippen LogP contribution in [0.2, 0.25) is 5.15 Å². The van der Waals surface area contributed by atoms with Gasteiger partial charge in [-0.2, -0.15) is 0 Å². The highest BCUT2D eigenvalue weighted by atomic mass is 35.5. The van der Waals surface area contributed by atoms with E-state index in [4.69, 9.17) is 21.1 Å². The van der Waals surface area contributed by atoms with Crippen LogP contribution in [0.25, 0.3) is 11.2 Å². The summed E-state index contributed by atoms with van der Waals surface area (Å²) < 4.78 is 12.8. The van der Waals surface area contributed by atoms with Gasteiger partial charge >= 0.3 is 5.97 Å². The summed E-state index contributed by atoms with van der Waals surface area (Å²) in [5, 5.41) is 10.4. The maximum Gasteiger partial charge on any atom is 0.311 e. The van der Waals surface area contributed by atoms with Crippen LogP contribution < -0.4 is 0 Å². The average molecular weight is 355 g/mol. The van der Waals surface area contributed by atoms with Crippen molar-refractivity contribution in [2.24, 2.45) is 5.41 Å². The summed E-state index contributed by atoms with van der Waals surface area (Å²) in [5.74, 6) is -0.339. The van der Waals surface area contributed by atoms with Crippen molar-refractivity contribution in [2.75, 3.05) is 6.61 Å². The lowest BCUT2D eigenvalue weighted by atomic mass is 9.97. The molecule has 0 spiro atoms. The number of hydrogen-bond donors (Lipinski definition) is 1. The Morgan fingerprint density at radius 3 is 2.92 bits per heavy atom. The lowest BCUT2D eigenvalue weighted by Gasteiger charge is -2.20. The molecule has 3 rings (SSSR count). The molecule has 130 valence electrons. The lowest BCUT2D eigenvalue weighted by Crippen LogP contribution is -2.31. The summed E-state index contributed by atoms with van der Waals surface area (Å²) in [5.41, 5.74) is 0.399. The summed E-state index contributed by atoms with van der Waals surface area (Å²) in [6.45, 7) is 5.30. The number of hydrogen-bond acceptors (Lipinski definition) is 7. The fourth-order valence-electron chi connectivity index (χ4n) is 2.44. The van der Waals surface area contributed by atoms with E-state index in [1.54, 1.807) is 31.7 Å². The van der Waals surface area contributed by atoms with E-state index >= 15 is 0 Å². The number of carbonyl (C=O) groups excluding carboxylic acids is 1. The van der Waals surface area contributed by atoms with Crippen LogP contribution in [-0.4, -0.2) is 49.4 Å². The lowest BCUT2D eigenvalue weighted by molar-refractivity contribution is -0.159. The second kappa shape index (κ2) is 6.27. The Bertz CT molecular complexity index is 758. The largest absolute Gasteiger partial charge is 0.462 e. The number of nitrogens with zero attached hydrogens (tertiary/aromatic N) is 4. The first-order valence-corrected chi connectivity index (χ1v) is 7.99. The number of fused-ring (bicyclic) bond motifs is 1. The number of carbonyl (C=O) groups is 1. The normalized spacial score (nSPS) is 24.5. The van der Waals surface area contributed by atoms with Gasteiger partial charge in [-0.05, 0) is 20.8 Å². The van der Waals surface area contributed by atoms with E-state index < -0.39 is 23.9 Å². The smallest absolute Gasteiger partial charge is 0.311 e. The molecule has 3 heterocycles. The molecule has 0 aliphatic carbocycles. The summed E-state index contributed by atoms with van der Waals surface area (Å²) in [4.78, 5) is 24.1. The molecule has 9 heteroatoms. The summed E-state index contributed by atoms with van der Waals surface area (Å²) in [6, 6.07) is 0. The number of esters is 1. The van der Waals surface area contributed by atoms with Crippen LogP contribution in [0.4, 0.5) is 0 Å². The molecule has 0 radical (unpaired) electrons. The molecule has 0 amide bonds. The van der Waals surface area contributed by atoms with Gasteiger partial charge in [0, 0.05) is 6.42 Å². The minimum Gasteiger partial charge on any atom is -0.462 e. The van der Waals surface area contributed by atoms with Crippen LogP contribution >= 0.6 is 11.6 Å². The van der Waals surface area contributed by atoms with E-state index in [-0.39, 0.29) is 17.7 Å². The van der Waals surface area contributed by atoms with Crippen molar-refractivity contribution < 1.29 is 19.4 Å². The zero-order valence-corrected chi connectivity index (χ0v) is 14.4. The topological polar surface area (TPSA) is 99.4 Å². The second-order valence-electron chi connectivity index (χ2n) is 6.77. The maximum atomic E-state index is 11.8. The molecule has 0 unspecified atom stereocenters. The minimum absolute atomic E-state index is 0.00383. The SMILES string of the molecule is CC(C)(C)C(=O)OC[C@H]1O[C@@H](n2cnc3c(Cl)ncnc32)C[C@@H]1O. The molecular formula is C15H19ClN4O4. The van der Waals surface area contributed by atoms with Crippen LogP contribution in [-0.2, 0) is 14.3 Å². The van der Waals surface area contributed by atoms with Gasteiger partial charge in [-0.25, -0.2) is 15.0 Å². The van der Waals surface area contributed by atoms with Gasteiger partial charge in [0.1, 0.15) is 30.8 Å². The molecule has 1 aliphatic heterocycles. The standard InChI is InChI=1S/C15H19ClN4O4/c1-15(2,3)14(22)23-5-9-8(21)4-10(24-9)20-7-19-11-12(16)17-6-18-13(11)20/h6-10,21H,4-5H2,1-3H3/t8-,9+,10+/m0/s1. The third kappa shape index (κ3) is 3.22. The number of aromatic nitrogens is 4. The van der Waals surface area contributed by atoms with E-state index in [1.807, 2.05) is 0 Å². The molecule has 8 nitrogen and oxygen atoms in total. The van der Waals surface area contributed by atoms with Crippen molar-refractivity contribution in [2.45, 2.75) is 45.6 Å². The summed E-state index contributed by atoms with van der Waals surface area (Å²) in [7, 11) is 0. The third-order valence-corrected chi connectivity index (χ3v) is 4.10. The molecule has 1 fully saturated rings. The zero-order chi connectivity index (χ0) is 17.5. The zero-order valence-electron chi connectivity index (χ0n) is 13.6. The fraction of sp³-hybridized carbons (Fsp3) is 0.600. The van der Waals surface area contributed by atoms with Gasteiger partial charge in [0.25, 0.3) is 0 Å². The third-order valence-electron chi connectivity index (χ3n) is 3.82. The van der Waals surface area contributed by atoms with E-state index in [9.17, 15) is 9.90 Å². The maximum absolute atomic E-state index is 11.8. The Hall–Kier alpha value is -1.77. The summed E-state index contributed by atoms with van der Waals surface area (Å²) >= 11 is 5.99. The van der Waals surface area contributed by atoms with Crippen LogP contribution in [0.1, 0.15) is 33.4 Å². The molecule has 0 saturated carbocycles. The highest BCUT2D eigenvalue weighted by Crippen LogP contribution is 2.32. The Morgan fingerprint density at radius 1 is 1.46 bits per heavy atom. The number of halogens is 1. The van der Waals surface area contributed by atoms with Crippen molar-refractivity contribution in [1.29, 1.82) is 0 Å². The first-order chi connectivity index (χ1) is 11.3. The Kier molecular flexibility index (Phi) is 4.46.